The summed E-state index contributed by atoms with van der Waals surface area (Å²) < 4.78 is 0. The van der Waals surface area contributed by atoms with E-state index in [9.17, 15) is 9.59 Å². The molecular weight excluding hydrogens is 286 g/mol. The van der Waals surface area contributed by atoms with Gasteiger partial charge in [0.05, 0.1) is 0 Å². The van der Waals surface area contributed by atoms with E-state index >= 15 is 0 Å². The Kier molecular flexibility index (Phi) is 4.88. The molecule has 1 spiro atoms. The van der Waals surface area contributed by atoms with Gasteiger partial charge in [0, 0.05) is 38.0 Å². The highest BCUT2D eigenvalue weighted by Crippen LogP contribution is 2.37. The second-order valence-corrected chi connectivity index (χ2v) is 7.39. The molecule has 21 heavy (non-hydrogen) atoms. The molecule has 0 saturated carbocycles. The van der Waals surface area contributed by atoms with E-state index < -0.39 is 5.54 Å². The maximum atomic E-state index is 12.8. The van der Waals surface area contributed by atoms with Gasteiger partial charge < -0.3 is 4.90 Å². The van der Waals surface area contributed by atoms with Gasteiger partial charge in [-0.1, -0.05) is 0 Å². The lowest BCUT2D eigenvalue weighted by atomic mass is 9.85. The van der Waals surface area contributed by atoms with Crippen molar-refractivity contribution >= 4 is 23.7 Å². The van der Waals surface area contributed by atoms with Crippen LogP contribution >= 0.6 is 11.8 Å². The van der Waals surface area contributed by atoms with E-state index in [-0.39, 0.29) is 18.0 Å². The van der Waals surface area contributed by atoms with Gasteiger partial charge in [0.1, 0.15) is 5.54 Å². The Hall–Kier alpha value is -0.750. The van der Waals surface area contributed by atoms with Crippen LogP contribution in [0.2, 0.25) is 0 Å². The van der Waals surface area contributed by atoms with Crippen LogP contribution < -0.4 is 0 Å². The third-order valence-electron chi connectivity index (χ3n) is 4.92. The number of thioether (sulfide) groups is 1. The fraction of sp³-hybridized carbons (Fsp3) is 0.867. The second kappa shape index (κ2) is 6.16. The summed E-state index contributed by atoms with van der Waals surface area (Å²) in [6, 6.07) is 0.317. The summed E-state index contributed by atoms with van der Waals surface area (Å²) in [6.45, 7) is 7.81. The Bertz CT molecular complexity index is 419. The second-order valence-electron chi connectivity index (χ2n) is 6.48. The number of carbonyl (C=O) groups is 2. The number of urea groups is 1. The number of nitrogens with zero attached hydrogens (tertiary/aromatic N) is 3. The molecule has 0 N–H and O–H groups in total. The number of imide groups is 1. The molecule has 2 saturated heterocycles. The zero-order valence-corrected chi connectivity index (χ0v) is 14.6. The first-order valence-electron chi connectivity index (χ1n) is 7.69. The number of likely N-dealkylation sites (N-methyl/N-ethyl adjacent to an activating group) is 1. The number of hydrogen-bond donors (Lipinski definition) is 0. The lowest BCUT2D eigenvalue weighted by Crippen LogP contribution is -2.57. The van der Waals surface area contributed by atoms with Gasteiger partial charge in [-0.2, -0.15) is 11.8 Å². The average molecular weight is 313 g/mol. The van der Waals surface area contributed by atoms with E-state index in [4.69, 9.17) is 0 Å². The third-order valence-corrected chi connectivity index (χ3v) is 5.74. The average Bonchev–Trinajstić information content (AvgIpc) is 2.62. The molecule has 120 valence electrons. The van der Waals surface area contributed by atoms with Crippen LogP contribution in [0.5, 0.6) is 0 Å². The first kappa shape index (κ1) is 16.6. The molecule has 0 unspecified atom stereocenters. The largest absolute Gasteiger partial charge is 0.327 e. The molecule has 0 aromatic carbocycles. The molecule has 2 aliphatic heterocycles. The monoisotopic (exact) mass is 313 g/mol. The Labute approximate surface area is 132 Å². The Morgan fingerprint density at radius 3 is 2.19 bits per heavy atom. The molecule has 0 aromatic heterocycles. The third kappa shape index (κ3) is 2.68. The summed E-state index contributed by atoms with van der Waals surface area (Å²) in [4.78, 5) is 30.7. The van der Waals surface area contributed by atoms with Crippen molar-refractivity contribution in [1.29, 1.82) is 0 Å². The minimum Gasteiger partial charge on any atom is -0.312 e. The molecule has 2 fully saturated rings. The van der Waals surface area contributed by atoms with Crippen molar-refractivity contribution in [3.63, 3.8) is 0 Å². The molecular formula is C15H27N3O2S. The van der Waals surface area contributed by atoms with Crippen molar-refractivity contribution < 1.29 is 9.59 Å². The number of carbonyl (C=O) groups excluding carboxylic acids is 2. The van der Waals surface area contributed by atoms with Crippen LogP contribution in [-0.4, -0.2) is 76.4 Å². The molecule has 0 aliphatic carbocycles. The van der Waals surface area contributed by atoms with Gasteiger partial charge in [0.15, 0.2) is 0 Å². The van der Waals surface area contributed by atoms with Crippen LogP contribution in [0.3, 0.4) is 0 Å². The maximum absolute atomic E-state index is 12.8. The first-order valence-corrected chi connectivity index (χ1v) is 9.09. The molecule has 2 aliphatic rings. The van der Waals surface area contributed by atoms with Crippen molar-refractivity contribution in [2.75, 3.05) is 32.1 Å². The fourth-order valence-electron chi connectivity index (χ4n) is 3.49. The maximum Gasteiger partial charge on any atom is 0.327 e. The zero-order chi connectivity index (χ0) is 15.8. The molecule has 0 aromatic rings. The molecule has 5 nitrogen and oxygen atoms in total. The Balaban J connectivity index is 2.12. The van der Waals surface area contributed by atoms with Gasteiger partial charge in [-0.3, -0.25) is 14.6 Å². The van der Waals surface area contributed by atoms with Crippen molar-refractivity contribution in [2.45, 2.75) is 51.2 Å². The lowest BCUT2D eigenvalue weighted by Gasteiger charge is -2.42. The SMILES string of the molecule is CSC[C@H](C)N1CCC2(CC1)C(=O)N(C(C)C)C(=O)N2C. The van der Waals surface area contributed by atoms with Crippen LogP contribution in [-0.2, 0) is 4.79 Å². The fourth-order valence-corrected chi connectivity index (χ4v) is 4.18. The number of amides is 3. The number of rotatable bonds is 4. The van der Waals surface area contributed by atoms with E-state index in [0.29, 0.717) is 6.04 Å². The summed E-state index contributed by atoms with van der Waals surface area (Å²) in [7, 11) is 1.78. The van der Waals surface area contributed by atoms with Crippen molar-refractivity contribution in [3.8, 4) is 0 Å². The topological polar surface area (TPSA) is 43.9 Å². The minimum atomic E-state index is -0.600. The predicted molar refractivity (Wildman–Crippen MR) is 86.5 cm³/mol. The van der Waals surface area contributed by atoms with E-state index in [1.54, 1.807) is 11.9 Å². The van der Waals surface area contributed by atoms with Gasteiger partial charge in [-0.05, 0) is 39.9 Å². The van der Waals surface area contributed by atoms with Gasteiger partial charge in [-0.15, -0.1) is 0 Å². The van der Waals surface area contributed by atoms with E-state index in [1.807, 2.05) is 25.6 Å². The van der Waals surface area contributed by atoms with Crippen LogP contribution in [0.25, 0.3) is 0 Å². The summed E-state index contributed by atoms with van der Waals surface area (Å²) in [6.07, 6.45) is 3.61. The van der Waals surface area contributed by atoms with E-state index in [2.05, 4.69) is 18.1 Å². The van der Waals surface area contributed by atoms with Crippen molar-refractivity contribution in [3.05, 3.63) is 0 Å². The van der Waals surface area contributed by atoms with Crippen LogP contribution in [0.1, 0.15) is 33.6 Å². The molecule has 0 bridgehead atoms. The molecule has 2 rings (SSSR count). The molecule has 3 amide bonds. The highest BCUT2D eigenvalue weighted by Gasteiger charge is 2.57. The first-order chi connectivity index (χ1) is 9.85. The Morgan fingerprint density at radius 2 is 1.76 bits per heavy atom. The molecule has 6 heteroatoms. The van der Waals surface area contributed by atoms with Crippen LogP contribution in [0.15, 0.2) is 0 Å². The summed E-state index contributed by atoms with van der Waals surface area (Å²) >= 11 is 1.85. The highest BCUT2D eigenvalue weighted by atomic mass is 32.2. The van der Waals surface area contributed by atoms with Crippen molar-refractivity contribution in [2.24, 2.45) is 0 Å². The summed E-state index contributed by atoms with van der Waals surface area (Å²) in [5, 5.41) is 0. The van der Waals surface area contributed by atoms with Gasteiger partial charge in [0.25, 0.3) is 5.91 Å². The number of likely N-dealkylation sites (tertiary alicyclic amines) is 1. The van der Waals surface area contributed by atoms with Gasteiger partial charge >= 0.3 is 6.03 Å². The number of hydrogen-bond acceptors (Lipinski definition) is 4. The predicted octanol–water partition coefficient (Wildman–Crippen LogP) is 1.87. The molecule has 0 radical (unpaired) electrons. The Morgan fingerprint density at radius 1 is 1.19 bits per heavy atom. The van der Waals surface area contributed by atoms with Crippen molar-refractivity contribution in [1.82, 2.24) is 14.7 Å². The normalized spacial score (nSPS) is 24.5. The highest BCUT2D eigenvalue weighted by molar-refractivity contribution is 7.98. The summed E-state index contributed by atoms with van der Waals surface area (Å²) in [5.74, 6) is 1.11. The molecule has 1 atom stereocenters. The quantitative estimate of drug-likeness (QED) is 0.743. The van der Waals surface area contributed by atoms with E-state index in [1.165, 1.54) is 4.90 Å². The number of piperidine rings is 1. The lowest BCUT2D eigenvalue weighted by molar-refractivity contribution is -0.136. The smallest absolute Gasteiger partial charge is 0.312 e. The minimum absolute atomic E-state index is 0.00201. The summed E-state index contributed by atoms with van der Waals surface area (Å²) in [5.41, 5.74) is -0.600. The molecule has 2 heterocycles. The van der Waals surface area contributed by atoms with Gasteiger partial charge in [-0.25, -0.2) is 4.79 Å². The van der Waals surface area contributed by atoms with Gasteiger partial charge in [0.2, 0.25) is 0 Å². The van der Waals surface area contributed by atoms with Crippen LogP contribution in [0, 0.1) is 0 Å². The standard InChI is InChI=1S/C15H27N3O2S/c1-11(2)18-13(19)15(16(4)14(18)20)6-8-17(9-7-15)12(3)10-21-5/h11-12H,6-10H2,1-5H3/t12-/m0/s1. The van der Waals surface area contributed by atoms with E-state index in [0.717, 1.165) is 31.7 Å². The zero-order valence-electron chi connectivity index (χ0n) is 13.8. The van der Waals surface area contributed by atoms with Crippen LogP contribution in [0.4, 0.5) is 4.79 Å².